The summed E-state index contributed by atoms with van der Waals surface area (Å²) in [4.78, 5) is 12.2. The van der Waals surface area contributed by atoms with Crippen molar-refractivity contribution in [1.29, 1.82) is 0 Å². The van der Waals surface area contributed by atoms with Crippen molar-refractivity contribution in [1.82, 2.24) is 10.6 Å². The van der Waals surface area contributed by atoms with Crippen LogP contribution in [0.2, 0.25) is 0 Å². The van der Waals surface area contributed by atoms with Crippen LogP contribution in [0.5, 0.6) is 0 Å². The zero-order chi connectivity index (χ0) is 13.0. The molecule has 2 N–H and O–H groups in total. The molecule has 0 saturated heterocycles. The van der Waals surface area contributed by atoms with Crippen molar-refractivity contribution in [2.24, 2.45) is 5.41 Å². The molecule has 0 bridgehead atoms. The van der Waals surface area contributed by atoms with Crippen LogP contribution >= 0.6 is 15.9 Å². The molecule has 1 amide bonds. The summed E-state index contributed by atoms with van der Waals surface area (Å²) >= 11 is 3.44. The number of hydrogen-bond donors (Lipinski definition) is 2. The second kappa shape index (κ2) is 5.85. The number of benzene rings is 1. The van der Waals surface area contributed by atoms with Gasteiger partial charge in [-0.05, 0) is 37.6 Å². The predicted octanol–water partition coefficient (Wildman–Crippen LogP) is 2.46. The van der Waals surface area contributed by atoms with Gasteiger partial charge in [-0.15, -0.1) is 0 Å². The monoisotopic (exact) mass is 310 g/mol. The van der Waals surface area contributed by atoms with E-state index in [1.807, 2.05) is 31.3 Å². The zero-order valence-electron chi connectivity index (χ0n) is 10.6. The highest BCUT2D eigenvalue weighted by molar-refractivity contribution is 9.10. The summed E-state index contributed by atoms with van der Waals surface area (Å²) in [6, 6.07) is 8.03. The summed E-state index contributed by atoms with van der Waals surface area (Å²) in [6.45, 7) is 1.38. The van der Waals surface area contributed by atoms with E-state index >= 15 is 0 Å². The first-order valence-electron chi connectivity index (χ1n) is 6.34. The highest BCUT2D eigenvalue weighted by atomic mass is 79.9. The van der Waals surface area contributed by atoms with Crippen molar-refractivity contribution < 1.29 is 4.79 Å². The minimum Gasteiger partial charge on any atom is -0.352 e. The van der Waals surface area contributed by atoms with Gasteiger partial charge in [0, 0.05) is 17.6 Å². The molecule has 1 fully saturated rings. The summed E-state index contributed by atoms with van der Waals surface area (Å²) in [5, 5.41) is 6.18. The van der Waals surface area contributed by atoms with Gasteiger partial charge in [-0.3, -0.25) is 4.79 Å². The minimum atomic E-state index is -0.166. The van der Waals surface area contributed by atoms with Crippen molar-refractivity contribution >= 4 is 21.8 Å². The SMILES string of the molecule is CNCC1(C(=O)NCc2cccc(Br)c2)CCC1. The Morgan fingerprint density at radius 3 is 2.78 bits per heavy atom. The van der Waals surface area contributed by atoms with E-state index in [0.29, 0.717) is 6.54 Å². The average Bonchev–Trinajstić information content (AvgIpc) is 2.31. The van der Waals surface area contributed by atoms with Crippen molar-refractivity contribution in [3.05, 3.63) is 34.3 Å². The fourth-order valence-electron chi connectivity index (χ4n) is 2.44. The fraction of sp³-hybridized carbons (Fsp3) is 0.500. The molecule has 1 aromatic rings. The summed E-state index contributed by atoms with van der Waals surface area (Å²) < 4.78 is 1.04. The number of halogens is 1. The molecule has 0 heterocycles. The molecule has 0 atom stereocenters. The largest absolute Gasteiger partial charge is 0.352 e. The molecule has 0 radical (unpaired) electrons. The molecule has 1 aromatic carbocycles. The Morgan fingerprint density at radius 2 is 2.22 bits per heavy atom. The van der Waals surface area contributed by atoms with Gasteiger partial charge in [0.25, 0.3) is 0 Å². The van der Waals surface area contributed by atoms with Crippen LogP contribution in [0.3, 0.4) is 0 Å². The Balaban J connectivity index is 1.91. The molecule has 0 unspecified atom stereocenters. The smallest absolute Gasteiger partial charge is 0.227 e. The molecular formula is C14H19BrN2O. The second-order valence-corrected chi connectivity index (χ2v) is 5.89. The Kier molecular flexibility index (Phi) is 4.40. The predicted molar refractivity (Wildman–Crippen MR) is 76.2 cm³/mol. The molecule has 98 valence electrons. The Morgan fingerprint density at radius 1 is 1.44 bits per heavy atom. The maximum Gasteiger partial charge on any atom is 0.227 e. The van der Waals surface area contributed by atoms with E-state index in [1.54, 1.807) is 0 Å². The van der Waals surface area contributed by atoms with Crippen LogP contribution in [0.25, 0.3) is 0 Å². The number of hydrogen-bond acceptors (Lipinski definition) is 2. The maximum atomic E-state index is 12.2. The lowest BCUT2D eigenvalue weighted by molar-refractivity contribution is -0.135. The first kappa shape index (κ1) is 13.6. The summed E-state index contributed by atoms with van der Waals surface area (Å²) in [5.74, 6) is 0.183. The average molecular weight is 311 g/mol. The highest BCUT2D eigenvalue weighted by Gasteiger charge is 2.43. The Labute approximate surface area is 116 Å². The number of nitrogens with one attached hydrogen (secondary N) is 2. The van der Waals surface area contributed by atoms with Gasteiger partial charge >= 0.3 is 0 Å². The van der Waals surface area contributed by atoms with Crippen molar-refractivity contribution in [3.63, 3.8) is 0 Å². The van der Waals surface area contributed by atoms with Gasteiger partial charge in [0.2, 0.25) is 5.91 Å². The van der Waals surface area contributed by atoms with E-state index in [9.17, 15) is 4.79 Å². The lowest BCUT2D eigenvalue weighted by Crippen LogP contribution is -2.50. The van der Waals surface area contributed by atoms with E-state index in [-0.39, 0.29) is 11.3 Å². The maximum absolute atomic E-state index is 12.2. The number of amides is 1. The molecule has 1 aliphatic carbocycles. The van der Waals surface area contributed by atoms with Crippen LogP contribution in [-0.4, -0.2) is 19.5 Å². The molecule has 2 rings (SSSR count). The molecule has 0 spiro atoms. The van der Waals surface area contributed by atoms with Gasteiger partial charge in [-0.25, -0.2) is 0 Å². The van der Waals surface area contributed by atoms with Crippen molar-refractivity contribution in [2.75, 3.05) is 13.6 Å². The number of rotatable bonds is 5. The number of carbonyl (C=O) groups is 1. The molecule has 0 aliphatic heterocycles. The lowest BCUT2D eigenvalue weighted by Gasteiger charge is -2.40. The third kappa shape index (κ3) is 2.93. The molecule has 0 aromatic heterocycles. The first-order valence-corrected chi connectivity index (χ1v) is 7.13. The van der Waals surface area contributed by atoms with E-state index in [2.05, 4.69) is 26.6 Å². The first-order chi connectivity index (χ1) is 8.66. The molecule has 18 heavy (non-hydrogen) atoms. The minimum absolute atomic E-state index is 0.166. The third-order valence-corrected chi connectivity index (χ3v) is 4.14. The molecule has 4 heteroatoms. The molecule has 3 nitrogen and oxygen atoms in total. The van der Waals surface area contributed by atoms with Crippen LogP contribution in [0.1, 0.15) is 24.8 Å². The topological polar surface area (TPSA) is 41.1 Å². The highest BCUT2D eigenvalue weighted by Crippen LogP contribution is 2.40. The van der Waals surface area contributed by atoms with Crippen molar-refractivity contribution in [3.8, 4) is 0 Å². The second-order valence-electron chi connectivity index (χ2n) is 4.98. The summed E-state index contributed by atoms with van der Waals surface area (Å²) in [5.41, 5.74) is 0.956. The summed E-state index contributed by atoms with van der Waals surface area (Å²) in [7, 11) is 1.90. The zero-order valence-corrected chi connectivity index (χ0v) is 12.2. The van der Waals surface area contributed by atoms with Crippen LogP contribution in [0, 0.1) is 5.41 Å². The summed E-state index contributed by atoms with van der Waals surface area (Å²) in [6.07, 6.45) is 3.16. The normalized spacial score (nSPS) is 17.0. The number of carbonyl (C=O) groups excluding carboxylic acids is 1. The van der Waals surface area contributed by atoms with E-state index in [4.69, 9.17) is 0 Å². The molecule has 1 aliphatic rings. The van der Waals surface area contributed by atoms with E-state index < -0.39 is 0 Å². The Bertz CT molecular complexity index is 430. The molecular weight excluding hydrogens is 292 g/mol. The fourth-order valence-corrected chi connectivity index (χ4v) is 2.89. The van der Waals surface area contributed by atoms with Crippen LogP contribution < -0.4 is 10.6 Å². The van der Waals surface area contributed by atoms with E-state index in [1.165, 1.54) is 0 Å². The van der Waals surface area contributed by atoms with Gasteiger partial charge in [-0.2, -0.15) is 0 Å². The Hall–Kier alpha value is -0.870. The molecule has 1 saturated carbocycles. The van der Waals surface area contributed by atoms with Gasteiger partial charge < -0.3 is 10.6 Å². The van der Waals surface area contributed by atoms with Gasteiger partial charge in [0.1, 0.15) is 0 Å². The quantitative estimate of drug-likeness (QED) is 0.877. The van der Waals surface area contributed by atoms with Gasteiger partial charge in [-0.1, -0.05) is 34.5 Å². The van der Waals surface area contributed by atoms with Crippen LogP contribution in [-0.2, 0) is 11.3 Å². The van der Waals surface area contributed by atoms with Crippen LogP contribution in [0.15, 0.2) is 28.7 Å². The lowest BCUT2D eigenvalue weighted by atomic mass is 9.68. The van der Waals surface area contributed by atoms with E-state index in [0.717, 1.165) is 35.8 Å². The standard InChI is InChI=1S/C14H19BrN2O/c1-16-10-14(6-3-7-14)13(18)17-9-11-4-2-5-12(15)8-11/h2,4-5,8,16H,3,6-7,9-10H2,1H3,(H,17,18). The van der Waals surface area contributed by atoms with Gasteiger partial charge in [0.05, 0.1) is 5.41 Å². The van der Waals surface area contributed by atoms with Crippen LogP contribution in [0.4, 0.5) is 0 Å². The third-order valence-electron chi connectivity index (χ3n) is 3.65. The van der Waals surface area contributed by atoms with Crippen molar-refractivity contribution in [2.45, 2.75) is 25.8 Å². The van der Waals surface area contributed by atoms with Gasteiger partial charge in [0.15, 0.2) is 0 Å².